The van der Waals surface area contributed by atoms with E-state index in [0.29, 0.717) is 0 Å². The fraction of sp³-hybridized carbons (Fsp3) is 0.875. The van der Waals surface area contributed by atoms with Gasteiger partial charge in [-0.15, -0.1) is 0 Å². The van der Waals surface area contributed by atoms with Crippen molar-refractivity contribution in [1.82, 2.24) is 0 Å². The molecule has 0 radical (unpaired) electrons. The van der Waals surface area contributed by atoms with E-state index < -0.39 is 17.8 Å². The predicted molar refractivity (Wildman–Crippen MR) is 41.6 cm³/mol. The zero-order valence-electron chi connectivity index (χ0n) is 7.53. The van der Waals surface area contributed by atoms with Gasteiger partial charge in [-0.05, 0) is 13.8 Å². The standard InChI is InChI=1S/C8H14O4/c1-5(9)7-8(2,11-3)4-6(10)12-7/h5,7,9H,4H2,1-3H3/t5-,7-,8+/m0/s1. The van der Waals surface area contributed by atoms with Gasteiger partial charge >= 0.3 is 5.97 Å². The summed E-state index contributed by atoms with van der Waals surface area (Å²) >= 11 is 0. The van der Waals surface area contributed by atoms with E-state index in [-0.39, 0.29) is 12.4 Å². The number of ether oxygens (including phenoxy) is 2. The summed E-state index contributed by atoms with van der Waals surface area (Å²) in [7, 11) is 1.51. The van der Waals surface area contributed by atoms with E-state index in [9.17, 15) is 9.90 Å². The Hall–Kier alpha value is -0.610. The predicted octanol–water partition coefficient (Wildman–Crippen LogP) is 0.0878. The first kappa shape index (κ1) is 9.48. The summed E-state index contributed by atoms with van der Waals surface area (Å²) in [6.45, 7) is 3.34. The van der Waals surface area contributed by atoms with Gasteiger partial charge in [0, 0.05) is 7.11 Å². The normalized spacial score (nSPS) is 38.0. The van der Waals surface area contributed by atoms with Crippen molar-refractivity contribution in [3.63, 3.8) is 0 Å². The molecule has 70 valence electrons. The molecule has 0 unspecified atom stereocenters. The Bertz CT molecular complexity index is 189. The van der Waals surface area contributed by atoms with Crippen LogP contribution in [0, 0.1) is 0 Å². The van der Waals surface area contributed by atoms with Crippen LogP contribution in [0.15, 0.2) is 0 Å². The monoisotopic (exact) mass is 174 g/mol. The van der Waals surface area contributed by atoms with Crippen LogP contribution in [0.4, 0.5) is 0 Å². The van der Waals surface area contributed by atoms with Crippen LogP contribution in [0.1, 0.15) is 20.3 Å². The maximum Gasteiger partial charge on any atom is 0.309 e. The third-order valence-corrected chi connectivity index (χ3v) is 2.26. The van der Waals surface area contributed by atoms with Crippen LogP contribution in [-0.4, -0.2) is 36.0 Å². The lowest BCUT2D eigenvalue weighted by Gasteiger charge is -2.28. The first-order valence-corrected chi connectivity index (χ1v) is 3.92. The van der Waals surface area contributed by atoms with Crippen LogP contribution in [0.5, 0.6) is 0 Å². The van der Waals surface area contributed by atoms with Crippen LogP contribution in [-0.2, 0) is 14.3 Å². The number of carbonyl (C=O) groups excluding carboxylic acids is 1. The molecule has 1 aliphatic rings. The molecule has 12 heavy (non-hydrogen) atoms. The largest absolute Gasteiger partial charge is 0.456 e. The van der Waals surface area contributed by atoms with Crippen molar-refractivity contribution < 1.29 is 19.4 Å². The van der Waals surface area contributed by atoms with Gasteiger partial charge in [0.15, 0.2) is 6.10 Å². The molecule has 4 heteroatoms. The fourth-order valence-electron chi connectivity index (χ4n) is 1.49. The minimum atomic E-state index is -0.693. The van der Waals surface area contributed by atoms with Crippen molar-refractivity contribution in [2.75, 3.05) is 7.11 Å². The zero-order valence-corrected chi connectivity index (χ0v) is 7.53. The molecule has 0 bridgehead atoms. The first-order chi connectivity index (χ1) is 5.49. The SMILES string of the molecule is CO[C@]1(C)CC(=O)O[C@H]1[C@H](C)O. The Morgan fingerprint density at radius 3 is 2.75 bits per heavy atom. The van der Waals surface area contributed by atoms with E-state index in [4.69, 9.17) is 9.47 Å². The van der Waals surface area contributed by atoms with Gasteiger partial charge in [0.1, 0.15) is 5.60 Å². The summed E-state index contributed by atoms with van der Waals surface area (Å²) in [5.74, 6) is -0.315. The maximum atomic E-state index is 10.9. The van der Waals surface area contributed by atoms with Gasteiger partial charge in [-0.1, -0.05) is 0 Å². The molecule has 1 rings (SSSR count). The number of aliphatic hydroxyl groups excluding tert-OH is 1. The molecule has 1 aliphatic heterocycles. The average Bonchev–Trinajstić information content (AvgIpc) is 2.27. The van der Waals surface area contributed by atoms with E-state index in [2.05, 4.69) is 0 Å². The van der Waals surface area contributed by atoms with E-state index >= 15 is 0 Å². The average molecular weight is 174 g/mol. The second kappa shape index (κ2) is 3.03. The number of methoxy groups -OCH3 is 1. The summed E-state index contributed by atoms with van der Waals surface area (Å²) in [5, 5.41) is 9.28. The molecule has 1 saturated heterocycles. The molecule has 0 spiro atoms. The zero-order chi connectivity index (χ0) is 9.35. The molecule has 0 aromatic heterocycles. The van der Waals surface area contributed by atoms with Crippen LogP contribution in [0.2, 0.25) is 0 Å². The van der Waals surface area contributed by atoms with E-state index in [1.165, 1.54) is 7.11 Å². The molecular weight excluding hydrogens is 160 g/mol. The van der Waals surface area contributed by atoms with Crippen molar-refractivity contribution in [2.45, 2.75) is 38.1 Å². The third kappa shape index (κ3) is 1.44. The highest BCUT2D eigenvalue weighted by atomic mass is 16.6. The van der Waals surface area contributed by atoms with Gasteiger partial charge in [0.05, 0.1) is 12.5 Å². The Morgan fingerprint density at radius 1 is 1.83 bits per heavy atom. The Labute approximate surface area is 71.5 Å². The lowest BCUT2D eigenvalue weighted by molar-refractivity contribution is -0.149. The molecule has 4 nitrogen and oxygen atoms in total. The molecule has 0 amide bonds. The molecular formula is C8H14O4. The van der Waals surface area contributed by atoms with Gasteiger partial charge in [-0.3, -0.25) is 4.79 Å². The highest BCUT2D eigenvalue weighted by Gasteiger charge is 2.48. The Morgan fingerprint density at radius 2 is 2.42 bits per heavy atom. The van der Waals surface area contributed by atoms with Crippen molar-refractivity contribution in [3.05, 3.63) is 0 Å². The Balaban J connectivity index is 2.78. The van der Waals surface area contributed by atoms with Gasteiger partial charge in [-0.25, -0.2) is 0 Å². The number of aliphatic hydroxyl groups is 1. The van der Waals surface area contributed by atoms with Crippen LogP contribution < -0.4 is 0 Å². The van der Waals surface area contributed by atoms with Crippen molar-refractivity contribution in [2.24, 2.45) is 0 Å². The smallest absolute Gasteiger partial charge is 0.309 e. The van der Waals surface area contributed by atoms with Crippen LogP contribution >= 0.6 is 0 Å². The minimum absolute atomic E-state index is 0.207. The molecule has 0 aliphatic carbocycles. The van der Waals surface area contributed by atoms with Gasteiger partial charge in [-0.2, -0.15) is 0 Å². The van der Waals surface area contributed by atoms with Crippen LogP contribution in [0.3, 0.4) is 0 Å². The fourth-order valence-corrected chi connectivity index (χ4v) is 1.49. The highest BCUT2D eigenvalue weighted by molar-refractivity contribution is 5.73. The molecule has 1 N–H and O–H groups in total. The summed E-state index contributed by atoms with van der Waals surface area (Å²) in [6, 6.07) is 0. The quantitative estimate of drug-likeness (QED) is 0.603. The van der Waals surface area contributed by atoms with Gasteiger partial charge < -0.3 is 14.6 Å². The van der Waals surface area contributed by atoms with E-state index in [1.807, 2.05) is 0 Å². The summed E-state index contributed by atoms with van der Waals surface area (Å²) in [4.78, 5) is 10.9. The molecule has 0 aromatic rings. The number of cyclic esters (lactones) is 1. The number of carbonyl (C=O) groups is 1. The van der Waals surface area contributed by atoms with Crippen molar-refractivity contribution in [3.8, 4) is 0 Å². The van der Waals surface area contributed by atoms with Crippen molar-refractivity contribution in [1.29, 1.82) is 0 Å². The van der Waals surface area contributed by atoms with Crippen LogP contribution in [0.25, 0.3) is 0 Å². The molecule has 1 fully saturated rings. The number of hydrogen-bond acceptors (Lipinski definition) is 4. The van der Waals surface area contributed by atoms with Crippen molar-refractivity contribution >= 4 is 5.97 Å². The molecule has 3 atom stereocenters. The topological polar surface area (TPSA) is 55.8 Å². The number of esters is 1. The minimum Gasteiger partial charge on any atom is -0.456 e. The van der Waals surface area contributed by atoms with E-state index in [1.54, 1.807) is 13.8 Å². The molecule has 0 aromatic carbocycles. The number of rotatable bonds is 2. The Kier molecular flexibility index (Phi) is 2.39. The lowest BCUT2D eigenvalue weighted by atomic mass is 9.94. The van der Waals surface area contributed by atoms with Gasteiger partial charge in [0.2, 0.25) is 0 Å². The second-order valence-electron chi connectivity index (χ2n) is 3.34. The second-order valence-corrected chi connectivity index (χ2v) is 3.34. The summed E-state index contributed by atoms with van der Waals surface area (Å²) in [5.41, 5.74) is -0.675. The third-order valence-electron chi connectivity index (χ3n) is 2.26. The highest BCUT2D eigenvalue weighted by Crippen LogP contribution is 2.31. The summed E-state index contributed by atoms with van der Waals surface area (Å²) < 4.78 is 10.1. The number of hydrogen-bond donors (Lipinski definition) is 1. The maximum absolute atomic E-state index is 10.9. The first-order valence-electron chi connectivity index (χ1n) is 3.92. The molecule has 0 saturated carbocycles. The molecule has 1 heterocycles. The van der Waals surface area contributed by atoms with E-state index in [0.717, 1.165) is 0 Å². The van der Waals surface area contributed by atoms with Gasteiger partial charge in [0.25, 0.3) is 0 Å². The summed E-state index contributed by atoms with van der Waals surface area (Å²) in [6.07, 6.45) is -1.03. The lowest BCUT2D eigenvalue weighted by Crippen LogP contribution is -2.43.